The van der Waals surface area contributed by atoms with Gasteiger partial charge in [0.05, 0.1) is 7.11 Å². The molecule has 0 spiro atoms. The fraction of sp³-hybridized carbons (Fsp3) is 0.533. The van der Waals surface area contributed by atoms with Gasteiger partial charge in [-0.1, -0.05) is 19.9 Å². The summed E-state index contributed by atoms with van der Waals surface area (Å²) in [5.74, 6) is 1.19. The Morgan fingerprint density at radius 1 is 1.28 bits per heavy atom. The maximum absolute atomic E-state index is 11.2. The lowest BCUT2D eigenvalue weighted by Crippen LogP contribution is -2.19. The number of aryl methyl sites for hydroxylation is 2. The van der Waals surface area contributed by atoms with Crippen LogP contribution in [0.1, 0.15) is 42.9 Å². The number of hydrogen-bond acceptors (Lipinski definition) is 2. The number of methoxy groups -OCH3 is 1. The molecule has 1 unspecified atom stereocenters. The molecule has 3 heteroatoms. The van der Waals surface area contributed by atoms with E-state index in [9.17, 15) is 4.79 Å². The summed E-state index contributed by atoms with van der Waals surface area (Å²) in [6.07, 6.45) is 0.393. The highest BCUT2D eigenvalue weighted by molar-refractivity contribution is 5.75. The number of amides is 1. The third-order valence-corrected chi connectivity index (χ3v) is 3.41. The predicted molar refractivity (Wildman–Crippen MR) is 73.9 cm³/mol. The Hall–Kier alpha value is -1.51. The second kappa shape index (κ2) is 5.89. The Morgan fingerprint density at radius 2 is 1.89 bits per heavy atom. The molecule has 0 heterocycles. The molecule has 1 amide bonds. The molecule has 0 bridgehead atoms. The van der Waals surface area contributed by atoms with Gasteiger partial charge in [0, 0.05) is 6.42 Å². The van der Waals surface area contributed by atoms with Gasteiger partial charge < -0.3 is 10.5 Å². The van der Waals surface area contributed by atoms with Gasteiger partial charge in [0.15, 0.2) is 0 Å². The smallest absolute Gasteiger partial charge is 0.218 e. The Labute approximate surface area is 109 Å². The van der Waals surface area contributed by atoms with Crippen LogP contribution in [0.4, 0.5) is 0 Å². The van der Waals surface area contributed by atoms with E-state index in [-0.39, 0.29) is 11.8 Å². The Kier molecular flexibility index (Phi) is 4.76. The largest absolute Gasteiger partial charge is 0.496 e. The van der Waals surface area contributed by atoms with Crippen molar-refractivity contribution in [1.82, 2.24) is 0 Å². The normalized spacial score (nSPS) is 12.6. The van der Waals surface area contributed by atoms with Crippen molar-refractivity contribution in [3.05, 3.63) is 28.8 Å². The lowest BCUT2D eigenvalue weighted by atomic mass is 9.82. The number of primary amides is 1. The van der Waals surface area contributed by atoms with Crippen molar-refractivity contribution >= 4 is 5.91 Å². The van der Waals surface area contributed by atoms with Gasteiger partial charge in [-0.05, 0) is 48.4 Å². The zero-order valence-corrected chi connectivity index (χ0v) is 11.9. The van der Waals surface area contributed by atoms with Gasteiger partial charge in [0.25, 0.3) is 0 Å². The topological polar surface area (TPSA) is 52.3 Å². The fourth-order valence-electron chi connectivity index (χ4n) is 2.35. The van der Waals surface area contributed by atoms with Gasteiger partial charge in [-0.25, -0.2) is 0 Å². The first kappa shape index (κ1) is 14.6. The van der Waals surface area contributed by atoms with E-state index in [1.807, 2.05) is 19.9 Å². The molecule has 0 radical (unpaired) electrons. The summed E-state index contributed by atoms with van der Waals surface area (Å²) in [5, 5.41) is 0. The first-order valence-corrected chi connectivity index (χ1v) is 6.30. The summed E-state index contributed by atoms with van der Waals surface area (Å²) in [5.41, 5.74) is 8.79. The van der Waals surface area contributed by atoms with Crippen LogP contribution in [0.2, 0.25) is 0 Å². The van der Waals surface area contributed by atoms with Crippen LogP contribution >= 0.6 is 0 Å². The molecule has 18 heavy (non-hydrogen) atoms. The minimum absolute atomic E-state index is 0.173. The molecule has 0 aromatic heterocycles. The predicted octanol–water partition coefficient (Wildman–Crippen LogP) is 2.93. The van der Waals surface area contributed by atoms with Gasteiger partial charge in [0.1, 0.15) is 5.75 Å². The number of ether oxygens (including phenoxy) is 1. The summed E-state index contributed by atoms with van der Waals surface area (Å²) < 4.78 is 5.31. The number of nitrogens with two attached hydrogens (primary N) is 1. The number of hydrogen-bond donors (Lipinski definition) is 1. The second-order valence-corrected chi connectivity index (χ2v) is 5.20. The van der Waals surface area contributed by atoms with Crippen molar-refractivity contribution in [3.8, 4) is 5.75 Å². The zero-order chi connectivity index (χ0) is 13.9. The van der Waals surface area contributed by atoms with E-state index in [0.29, 0.717) is 12.3 Å². The number of rotatable bonds is 5. The van der Waals surface area contributed by atoms with E-state index in [1.165, 1.54) is 5.56 Å². The molecule has 1 rings (SSSR count). The average molecular weight is 249 g/mol. The lowest BCUT2D eigenvalue weighted by Gasteiger charge is -2.23. The molecule has 3 nitrogen and oxygen atoms in total. The Morgan fingerprint density at radius 3 is 2.33 bits per heavy atom. The van der Waals surface area contributed by atoms with Gasteiger partial charge in [-0.3, -0.25) is 4.79 Å². The SMILES string of the molecule is COc1cc(C)c(C(CC(N)=O)C(C)C)cc1C. The Balaban J connectivity index is 3.20. The summed E-state index contributed by atoms with van der Waals surface area (Å²) in [6, 6.07) is 4.14. The maximum Gasteiger partial charge on any atom is 0.218 e. The van der Waals surface area contributed by atoms with Crippen LogP contribution in [0, 0.1) is 19.8 Å². The van der Waals surface area contributed by atoms with Crippen molar-refractivity contribution in [2.24, 2.45) is 11.7 Å². The molecule has 0 fully saturated rings. The zero-order valence-electron chi connectivity index (χ0n) is 11.9. The molecule has 1 atom stereocenters. The van der Waals surface area contributed by atoms with Gasteiger partial charge in [0.2, 0.25) is 5.91 Å². The quantitative estimate of drug-likeness (QED) is 0.872. The van der Waals surface area contributed by atoms with Gasteiger partial charge >= 0.3 is 0 Å². The van der Waals surface area contributed by atoms with Crippen LogP contribution in [0.3, 0.4) is 0 Å². The van der Waals surface area contributed by atoms with Gasteiger partial charge in [-0.2, -0.15) is 0 Å². The standard InChI is InChI=1S/C15H23NO2/c1-9(2)12(8-15(16)17)13-6-11(4)14(18-5)7-10(13)3/h6-7,9,12H,8H2,1-5H3,(H2,16,17). The molecule has 0 aliphatic rings. The van der Waals surface area contributed by atoms with E-state index in [4.69, 9.17) is 10.5 Å². The van der Waals surface area contributed by atoms with E-state index in [2.05, 4.69) is 19.9 Å². The molecule has 0 saturated heterocycles. The number of carbonyl (C=O) groups is 1. The summed E-state index contributed by atoms with van der Waals surface area (Å²) in [6.45, 7) is 8.30. The van der Waals surface area contributed by atoms with Crippen LogP contribution < -0.4 is 10.5 Å². The second-order valence-electron chi connectivity index (χ2n) is 5.20. The number of carbonyl (C=O) groups excluding carboxylic acids is 1. The first-order valence-electron chi connectivity index (χ1n) is 6.30. The molecule has 0 aliphatic carbocycles. The third kappa shape index (κ3) is 3.25. The van der Waals surface area contributed by atoms with E-state index < -0.39 is 0 Å². The molecule has 1 aromatic carbocycles. The van der Waals surface area contributed by atoms with Crippen LogP contribution in [-0.4, -0.2) is 13.0 Å². The minimum atomic E-state index is -0.249. The molecule has 100 valence electrons. The molecular weight excluding hydrogens is 226 g/mol. The van der Waals surface area contributed by atoms with Crippen LogP contribution in [0.15, 0.2) is 12.1 Å². The van der Waals surface area contributed by atoms with Crippen molar-refractivity contribution in [3.63, 3.8) is 0 Å². The van der Waals surface area contributed by atoms with E-state index in [0.717, 1.165) is 16.9 Å². The summed E-state index contributed by atoms with van der Waals surface area (Å²) in [4.78, 5) is 11.2. The van der Waals surface area contributed by atoms with Crippen molar-refractivity contribution in [2.45, 2.75) is 40.0 Å². The number of benzene rings is 1. The van der Waals surface area contributed by atoms with Crippen molar-refractivity contribution in [2.75, 3.05) is 7.11 Å². The molecule has 0 saturated carbocycles. The highest BCUT2D eigenvalue weighted by Crippen LogP contribution is 2.33. The third-order valence-electron chi connectivity index (χ3n) is 3.41. The summed E-state index contributed by atoms with van der Waals surface area (Å²) in [7, 11) is 1.67. The van der Waals surface area contributed by atoms with Crippen molar-refractivity contribution in [1.29, 1.82) is 0 Å². The minimum Gasteiger partial charge on any atom is -0.496 e. The van der Waals surface area contributed by atoms with E-state index in [1.54, 1.807) is 7.11 Å². The summed E-state index contributed by atoms with van der Waals surface area (Å²) >= 11 is 0. The fourth-order valence-corrected chi connectivity index (χ4v) is 2.35. The molecule has 2 N–H and O–H groups in total. The molecule has 0 aliphatic heterocycles. The highest BCUT2D eigenvalue weighted by atomic mass is 16.5. The maximum atomic E-state index is 11.2. The monoisotopic (exact) mass is 249 g/mol. The van der Waals surface area contributed by atoms with Crippen molar-refractivity contribution < 1.29 is 9.53 Å². The lowest BCUT2D eigenvalue weighted by molar-refractivity contribution is -0.118. The van der Waals surface area contributed by atoms with Crippen LogP contribution in [-0.2, 0) is 4.79 Å². The highest BCUT2D eigenvalue weighted by Gasteiger charge is 2.21. The van der Waals surface area contributed by atoms with Gasteiger partial charge in [-0.15, -0.1) is 0 Å². The van der Waals surface area contributed by atoms with E-state index >= 15 is 0 Å². The van der Waals surface area contributed by atoms with Crippen LogP contribution in [0.25, 0.3) is 0 Å². The first-order chi connectivity index (χ1) is 8.36. The molecule has 1 aromatic rings. The average Bonchev–Trinajstić information content (AvgIpc) is 2.28. The molecular formula is C15H23NO2. The van der Waals surface area contributed by atoms with Crippen LogP contribution in [0.5, 0.6) is 5.75 Å². The Bertz CT molecular complexity index is 438.